The van der Waals surface area contributed by atoms with E-state index >= 15 is 0 Å². The van der Waals surface area contributed by atoms with Crippen molar-refractivity contribution in [2.75, 3.05) is 31.2 Å². The Morgan fingerprint density at radius 2 is 2.08 bits per heavy atom. The van der Waals surface area contributed by atoms with Crippen molar-refractivity contribution >= 4 is 40.0 Å². The number of nitrogens with zero attached hydrogens (tertiary/aromatic N) is 3. The molecular weight excluding hydrogens is 364 g/mol. The normalized spacial score (nSPS) is 12.3. The van der Waals surface area contributed by atoms with E-state index in [0.717, 1.165) is 54.1 Å². The topological polar surface area (TPSA) is 52.0 Å². The van der Waals surface area contributed by atoms with Crippen molar-refractivity contribution in [2.24, 2.45) is 0 Å². The lowest BCUT2D eigenvalue weighted by atomic mass is 10.1. The predicted molar refractivity (Wildman–Crippen MR) is 113 cm³/mol. The highest BCUT2D eigenvalue weighted by atomic mass is 35.5. The summed E-state index contributed by atoms with van der Waals surface area (Å²) in [5.74, 6) is 0. The van der Waals surface area contributed by atoms with E-state index in [2.05, 4.69) is 42.0 Å². The summed E-state index contributed by atoms with van der Waals surface area (Å²) in [6.45, 7) is 9.83. The molecular formula is C20H27ClN4S. The van der Waals surface area contributed by atoms with Crippen LogP contribution in [0.4, 0.5) is 5.69 Å². The first-order valence-corrected chi connectivity index (χ1v) is 10.7. The van der Waals surface area contributed by atoms with E-state index in [-0.39, 0.29) is 6.04 Å². The van der Waals surface area contributed by atoms with Crippen LogP contribution in [-0.2, 0) is 0 Å². The summed E-state index contributed by atoms with van der Waals surface area (Å²) in [7, 11) is 0. The smallest absolute Gasteiger partial charge is 0.116 e. The number of aromatic nitrogens is 1. The van der Waals surface area contributed by atoms with E-state index in [0.29, 0.717) is 10.6 Å². The van der Waals surface area contributed by atoms with Gasteiger partial charge in [0.1, 0.15) is 16.7 Å². The van der Waals surface area contributed by atoms with E-state index in [1.54, 1.807) is 0 Å². The lowest BCUT2D eigenvalue weighted by molar-refractivity contribution is 0.295. The second kappa shape index (κ2) is 10.0. The minimum atomic E-state index is 0.261. The molecule has 0 aliphatic heterocycles. The van der Waals surface area contributed by atoms with Crippen LogP contribution >= 0.6 is 23.4 Å². The fourth-order valence-corrected chi connectivity index (χ4v) is 3.81. The number of nitriles is 1. The number of anilines is 1. The van der Waals surface area contributed by atoms with Gasteiger partial charge in [0.25, 0.3) is 0 Å². The number of pyridine rings is 1. The van der Waals surface area contributed by atoms with Crippen molar-refractivity contribution in [2.45, 2.75) is 44.7 Å². The van der Waals surface area contributed by atoms with Gasteiger partial charge in [0.2, 0.25) is 0 Å². The van der Waals surface area contributed by atoms with Gasteiger partial charge < -0.3 is 10.2 Å². The van der Waals surface area contributed by atoms with Crippen molar-refractivity contribution < 1.29 is 0 Å². The molecule has 4 nitrogen and oxygen atoms in total. The zero-order chi connectivity index (χ0) is 19.1. The number of hydrogen-bond acceptors (Lipinski definition) is 5. The van der Waals surface area contributed by atoms with Crippen LogP contribution in [-0.4, -0.2) is 41.8 Å². The Balaban J connectivity index is 2.26. The van der Waals surface area contributed by atoms with E-state index < -0.39 is 0 Å². The first-order chi connectivity index (χ1) is 12.5. The molecule has 6 heteroatoms. The summed E-state index contributed by atoms with van der Waals surface area (Å²) in [6, 6.07) is 8.23. The Kier molecular flexibility index (Phi) is 8.02. The number of rotatable bonds is 9. The fourth-order valence-electron chi connectivity index (χ4n) is 3.09. The molecule has 0 saturated carbocycles. The van der Waals surface area contributed by atoms with Crippen LogP contribution in [0.25, 0.3) is 10.9 Å². The highest BCUT2D eigenvalue weighted by Crippen LogP contribution is 2.34. The minimum Gasteiger partial charge on any atom is -0.381 e. The summed E-state index contributed by atoms with van der Waals surface area (Å²) in [4.78, 5) is 7.05. The van der Waals surface area contributed by atoms with Crippen molar-refractivity contribution in [1.82, 2.24) is 9.88 Å². The molecule has 0 amide bonds. The van der Waals surface area contributed by atoms with Crippen molar-refractivity contribution in [3.63, 3.8) is 0 Å². The van der Waals surface area contributed by atoms with Gasteiger partial charge in [-0.2, -0.15) is 5.26 Å². The average Bonchev–Trinajstić information content (AvgIpc) is 2.65. The standard InChI is InChI=1S/C20H27ClN4S/c1-5-25(6-2)11-7-8-14(3)23-19-16-12-15(21)9-10-18(16)24-20(26-4)17(19)13-22/h9-10,12,14H,5-8,11H2,1-4H3,(H,23,24)/t14-/m0/s1. The molecule has 26 heavy (non-hydrogen) atoms. The zero-order valence-corrected chi connectivity index (χ0v) is 17.5. The van der Waals surface area contributed by atoms with Crippen LogP contribution in [0.3, 0.4) is 0 Å². The lowest BCUT2D eigenvalue weighted by Crippen LogP contribution is -2.25. The molecule has 0 fully saturated rings. The molecule has 0 saturated heterocycles. The molecule has 0 radical (unpaired) electrons. The maximum Gasteiger partial charge on any atom is 0.116 e. The van der Waals surface area contributed by atoms with Gasteiger partial charge in [0.15, 0.2) is 0 Å². The molecule has 140 valence electrons. The molecule has 0 unspecified atom stereocenters. The number of halogens is 1. The molecule has 0 aliphatic rings. The maximum absolute atomic E-state index is 9.70. The minimum absolute atomic E-state index is 0.261. The first-order valence-electron chi connectivity index (χ1n) is 9.10. The van der Waals surface area contributed by atoms with Crippen molar-refractivity contribution in [1.29, 1.82) is 5.26 Å². The van der Waals surface area contributed by atoms with Crippen molar-refractivity contribution in [3.8, 4) is 6.07 Å². The molecule has 0 bridgehead atoms. The molecule has 1 N–H and O–H groups in total. The second-order valence-corrected chi connectivity index (χ2v) is 7.59. The summed E-state index contributed by atoms with van der Waals surface area (Å²) in [5, 5.41) is 15.6. The van der Waals surface area contributed by atoms with E-state index in [1.165, 1.54) is 11.8 Å². The van der Waals surface area contributed by atoms with Crippen LogP contribution in [0.15, 0.2) is 23.2 Å². The summed E-state index contributed by atoms with van der Waals surface area (Å²) >= 11 is 7.69. The van der Waals surface area contributed by atoms with Crippen LogP contribution < -0.4 is 5.32 Å². The maximum atomic E-state index is 9.70. The molecule has 1 aromatic carbocycles. The number of thioether (sulfide) groups is 1. The van der Waals surface area contributed by atoms with Crippen LogP contribution in [0, 0.1) is 11.3 Å². The number of hydrogen-bond donors (Lipinski definition) is 1. The molecule has 2 aromatic rings. The summed E-state index contributed by atoms with van der Waals surface area (Å²) in [6.07, 6.45) is 4.11. The Morgan fingerprint density at radius 3 is 2.69 bits per heavy atom. The molecule has 2 rings (SSSR count). The Bertz CT molecular complexity index is 783. The molecule has 1 heterocycles. The van der Waals surface area contributed by atoms with Gasteiger partial charge in [0.05, 0.1) is 11.2 Å². The largest absolute Gasteiger partial charge is 0.381 e. The van der Waals surface area contributed by atoms with Crippen molar-refractivity contribution in [3.05, 3.63) is 28.8 Å². The van der Waals surface area contributed by atoms with Gasteiger partial charge in [-0.1, -0.05) is 25.4 Å². The summed E-state index contributed by atoms with van der Waals surface area (Å²) in [5.41, 5.74) is 2.30. The van der Waals surface area contributed by atoms with E-state index in [4.69, 9.17) is 11.6 Å². The third kappa shape index (κ3) is 5.03. The number of benzene rings is 1. The summed E-state index contributed by atoms with van der Waals surface area (Å²) < 4.78 is 0. The van der Waals surface area contributed by atoms with Gasteiger partial charge in [-0.25, -0.2) is 4.98 Å². The van der Waals surface area contributed by atoms with Gasteiger partial charge in [-0.05, 0) is 63.9 Å². The third-order valence-corrected chi connectivity index (χ3v) is 5.53. The third-order valence-electron chi connectivity index (χ3n) is 4.62. The Labute approximate surface area is 165 Å². The molecule has 1 atom stereocenters. The average molecular weight is 391 g/mol. The molecule has 0 aliphatic carbocycles. The highest BCUT2D eigenvalue weighted by Gasteiger charge is 2.17. The van der Waals surface area contributed by atoms with E-state index in [9.17, 15) is 5.26 Å². The second-order valence-electron chi connectivity index (χ2n) is 6.36. The molecule has 0 spiro atoms. The predicted octanol–water partition coefficient (Wildman–Crippen LogP) is 5.40. The number of nitrogens with one attached hydrogen (secondary N) is 1. The van der Waals surface area contributed by atoms with Gasteiger partial charge in [-0.3, -0.25) is 0 Å². The Hall–Kier alpha value is -1.48. The number of fused-ring (bicyclic) bond motifs is 1. The fraction of sp³-hybridized carbons (Fsp3) is 0.500. The highest BCUT2D eigenvalue weighted by molar-refractivity contribution is 7.98. The van der Waals surface area contributed by atoms with Gasteiger partial charge >= 0.3 is 0 Å². The van der Waals surface area contributed by atoms with Gasteiger partial charge in [0, 0.05) is 16.5 Å². The SMILES string of the molecule is CCN(CC)CCC[C@H](C)Nc1c(C#N)c(SC)nc2ccc(Cl)cc12. The van der Waals surface area contributed by atoms with Gasteiger partial charge in [-0.15, -0.1) is 11.8 Å². The lowest BCUT2D eigenvalue weighted by Gasteiger charge is -2.22. The van der Waals surface area contributed by atoms with Crippen LogP contribution in [0.2, 0.25) is 5.02 Å². The van der Waals surface area contributed by atoms with Crippen LogP contribution in [0.1, 0.15) is 39.2 Å². The quantitative estimate of drug-likeness (QED) is 0.580. The molecule has 1 aromatic heterocycles. The first kappa shape index (κ1) is 20.8. The van der Waals surface area contributed by atoms with E-state index in [1.807, 2.05) is 24.5 Å². The zero-order valence-electron chi connectivity index (χ0n) is 16.0. The monoisotopic (exact) mass is 390 g/mol. The Morgan fingerprint density at radius 1 is 1.35 bits per heavy atom. The van der Waals surface area contributed by atoms with Crippen LogP contribution in [0.5, 0.6) is 0 Å².